The number of ether oxygens (including phenoxy) is 4. The summed E-state index contributed by atoms with van der Waals surface area (Å²) in [6, 6.07) is 16.3. The first-order valence-electron chi connectivity index (χ1n) is 12.7. The van der Waals surface area contributed by atoms with Crippen molar-refractivity contribution in [1.82, 2.24) is 0 Å². The van der Waals surface area contributed by atoms with Gasteiger partial charge >= 0.3 is 11.9 Å². The Morgan fingerprint density at radius 3 is 1.29 bits per heavy atom. The van der Waals surface area contributed by atoms with Gasteiger partial charge in [0.1, 0.15) is 34.3 Å². The zero-order valence-corrected chi connectivity index (χ0v) is 23.7. The summed E-state index contributed by atoms with van der Waals surface area (Å²) in [6.45, 7) is 3.32. The Kier molecular flexibility index (Phi) is 8.71. The van der Waals surface area contributed by atoms with Gasteiger partial charge < -0.3 is 18.9 Å². The summed E-state index contributed by atoms with van der Waals surface area (Å²) >= 11 is 0. The van der Waals surface area contributed by atoms with Crippen molar-refractivity contribution in [1.29, 1.82) is 0 Å². The Balaban J connectivity index is 1.97. The SMILES string of the molecule is COC(=O)c1cc(-c2ccc(F)c(C)c2)cc(Cc2cc(-c3ccc(F)c(C)c3)cc(C(=O)OC)c2OC)c1OC. The van der Waals surface area contributed by atoms with Crippen molar-refractivity contribution < 1.29 is 37.3 Å². The van der Waals surface area contributed by atoms with Crippen LogP contribution >= 0.6 is 0 Å². The molecule has 0 heterocycles. The third kappa shape index (κ3) is 5.91. The number of aryl methyl sites for hydroxylation is 2. The molecular formula is C33H30F2O6. The molecule has 0 bridgehead atoms. The number of esters is 2. The lowest BCUT2D eigenvalue weighted by Crippen LogP contribution is -2.10. The van der Waals surface area contributed by atoms with Gasteiger partial charge in [-0.25, -0.2) is 18.4 Å². The van der Waals surface area contributed by atoms with Crippen molar-refractivity contribution in [2.45, 2.75) is 20.3 Å². The van der Waals surface area contributed by atoms with Crippen LogP contribution in [-0.4, -0.2) is 40.4 Å². The largest absolute Gasteiger partial charge is 0.496 e. The molecule has 0 amide bonds. The minimum absolute atomic E-state index is 0.169. The van der Waals surface area contributed by atoms with Crippen LogP contribution in [0.15, 0.2) is 60.7 Å². The van der Waals surface area contributed by atoms with Gasteiger partial charge in [-0.2, -0.15) is 0 Å². The number of hydrogen-bond acceptors (Lipinski definition) is 6. The predicted molar refractivity (Wildman–Crippen MR) is 152 cm³/mol. The molecule has 0 saturated heterocycles. The summed E-state index contributed by atoms with van der Waals surface area (Å²) in [5.74, 6) is -1.34. The number of carbonyl (C=O) groups is 2. The van der Waals surface area contributed by atoms with Crippen molar-refractivity contribution in [3.05, 3.63) is 106 Å². The first kappa shape index (κ1) is 29.3. The fraction of sp³-hybridized carbons (Fsp3) is 0.212. The average molecular weight is 561 g/mol. The van der Waals surface area contributed by atoms with E-state index >= 15 is 0 Å². The normalized spacial score (nSPS) is 10.7. The summed E-state index contributed by atoms with van der Waals surface area (Å²) in [7, 11) is 5.44. The van der Waals surface area contributed by atoms with E-state index < -0.39 is 11.9 Å². The van der Waals surface area contributed by atoms with Crippen LogP contribution in [-0.2, 0) is 15.9 Å². The molecule has 4 rings (SSSR count). The molecule has 0 aliphatic rings. The summed E-state index contributed by atoms with van der Waals surface area (Å²) < 4.78 is 49.5. The zero-order chi connectivity index (χ0) is 29.8. The second-order valence-electron chi connectivity index (χ2n) is 9.52. The lowest BCUT2D eigenvalue weighted by atomic mass is 9.91. The molecule has 0 aliphatic heterocycles. The van der Waals surface area contributed by atoms with Crippen molar-refractivity contribution in [2.24, 2.45) is 0 Å². The van der Waals surface area contributed by atoms with Crippen LogP contribution in [0.5, 0.6) is 11.5 Å². The van der Waals surface area contributed by atoms with Crippen LogP contribution in [0.3, 0.4) is 0 Å². The Bertz CT molecular complexity index is 1520. The van der Waals surface area contributed by atoms with E-state index in [1.54, 1.807) is 50.2 Å². The maximum absolute atomic E-state index is 14.0. The summed E-state index contributed by atoms with van der Waals surface area (Å²) in [5.41, 5.74) is 5.11. The van der Waals surface area contributed by atoms with Gasteiger partial charge in [-0.3, -0.25) is 0 Å². The molecule has 41 heavy (non-hydrogen) atoms. The quantitative estimate of drug-likeness (QED) is 0.214. The van der Waals surface area contributed by atoms with Crippen molar-refractivity contribution >= 4 is 11.9 Å². The molecular weight excluding hydrogens is 530 g/mol. The molecule has 0 N–H and O–H groups in total. The highest BCUT2D eigenvalue weighted by Crippen LogP contribution is 2.38. The third-order valence-electron chi connectivity index (χ3n) is 6.91. The Morgan fingerprint density at radius 1 is 0.585 bits per heavy atom. The van der Waals surface area contributed by atoms with Gasteiger partial charge in [0.15, 0.2) is 0 Å². The molecule has 8 heteroatoms. The van der Waals surface area contributed by atoms with Crippen molar-refractivity contribution in [3.63, 3.8) is 0 Å². The molecule has 0 aromatic heterocycles. The Hall–Kier alpha value is -4.72. The lowest BCUT2D eigenvalue weighted by molar-refractivity contribution is 0.0588. The number of benzene rings is 4. The number of hydrogen-bond donors (Lipinski definition) is 0. The molecule has 4 aromatic carbocycles. The fourth-order valence-corrected chi connectivity index (χ4v) is 4.83. The van der Waals surface area contributed by atoms with Gasteiger partial charge in [-0.15, -0.1) is 0 Å². The maximum Gasteiger partial charge on any atom is 0.341 e. The highest BCUT2D eigenvalue weighted by Gasteiger charge is 2.24. The molecule has 212 valence electrons. The number of methoxy groups -OCH3 is 4. The Morgan fingerprint density at radius 2 is 0.976 bits per heavy atom. The first-order chi connectivity index (χ1) is 19.6. The van der Waals surface area contributed by atoms with Gasteiger partial charge in [-0.05, 0) is 95.8 Å². The second kappa shape index (κ2) is 12.2. The van der Waals surface area contributed by atoms with Crippen LogP contribution in [0, 0.1) is 25.5 Å². The van der Waals surface area contributed by atoms with E-state index in [2.05, 4.69) is 0 Å². The highest BCUT2D eigenvalue weighted by atomic mass is 19.1. The van der Waals surface area contributed by atoms with Crippen molar-refractivity contribution in [3.8, 4) is 33.8 Å². The Labute approximate surface area is 237 Å². The summed E-state index contributed by atoms with van der Waals surface area (Å²) in [5, 5.41) is 0. The van der Waals surface area contributed by atoms with E-state index in [9.17, 15) is 18.4 Å². The highest BCUT2D eigenvalue weighted by molar-refractivity contribution is 5.96. The van der Waals surface area contributed by atoms with Crippen LogP contribution in [0.1, 0.15) is 43.0 Å². The lowest BCUT2D eigenvalue weighted by Gasteiger charge is -2.19. The van der Waals surface area contributed by atoms with Crippen LogP contribution < -0.4 is 9.47 Å². The minimum Gasteiger partial charge on any atom is -0.496 e. The van der Waals surface area contributed by atoms with Gasteiger partial charge in [-0.1, -0.05) is 12.1 Å². The van der Waals surface area contributed by atoms with E-state index in [0.29, 0.717) is 44.5 Å². The molecule has 0 atom stereocenters. The minimum atomic E-state index is -0.610. The molecule has 0 unspecified atom stereocenters. The molecule has 4 aromatic rings. The van der Waals surface area contributed by atoms with E-state index in [-0.39, 0.29) is 40.7 Å². The van der Waals surface area contributed by atoms with E-state index in [1.165, 1.54) is 40.6 Å². The van der Waals surface area contributed by atoms with Crippen LogP contribution in [0.2, 0.25) is 0 Å². The predicted octanol–water partition coefficient (Wildman–Crippen LogP) is 7.10. The topological polar surface area (TPSA) is 71.1 Å². The summed E-state index contributed by atoms with van der Waals surface area (Å²) in [6.07, 6.45) is 0.169. The third-order valence-corrected chi connectivity index (χ3v) is 6.91. The molecule has 0 radical (unpaired) electrons. The van der Waals surface area contributed by atoms with Gasteiger partial charge in [0.05, 0.1) is 28.4 Å². The van der Waals surface area contributed by atoms with Gasteiger partial charge in [0.25, 0.3) is 0 Å². The maximum atomic E-state index is 14.0. The van der Waals surface area contributed by atoms with Gasteiger partial charge in [0, 0.05) is 17.5 Å². The fourth-order valence-electron chi connectivity index (χ4n) is 4.83. The summed E-state index contributed by atoms with van der Waals surface area (Å²) in [4.78, 5) is 25.7. The number of halogens is 2. The number of carbonyl (C=O) groups excluding carboxylic acids is 2. The molecule has 0 fully saturated rings. The molecule has 6 nitrogen and oxygen atoms in total. The second-order valence-corrected chi connectivity index (χ2v) is 9.52. The first-order valence-corrected chi connectivity index (χ1v) is 12.7. The average Bonchev–Trinajstić information content (AvgIpc) is 2.98. The standard InChI is InChI=1S/C33H30F2O6/c1-18-11-20(7-9-28(18)34)22-13-24(30(38-3)26(16-22)32(36)40-5)15-25-14-23(21-8-10-29(35)19(2)12-21)17-27(31(25)39-4)33(37)41-6/h7-14,16-17H,15H2,1-6H3. The van der Waals surface area contributed by atoms with Gasteiger partial charge in [0.2, 0.25) is 0 Å². The molecule has 0 spiro atoms. The molecule has 0 aliphatic carbocycles. The van der Waals surface area contributed by atoms with E-state index in [4.69, 9.17) is 18.9 Å². The monoisotopic (exact) mass is 560 g/mol. The van der Waals surface area contributed by atoms with Crippen LogP contribution in [0.25, 0.3) is 22.3 Å². The van der Waals surface area contributed by atoms with E-state index in [1.807, 2.05) is 12.1 Å². The van der Waals surface area contributed by atoms with Crippen molar-refractivity contribution in [2.75, 3.05) is 28.4 Å². The van der Waals surface area contributed by atoms with E-state index in [0.717, 1.165) is 0 Å². The zero-order valence-electron chi connectivity index (χ0n) is 23.7. The smallest absolute Gasteiger partial charge is 0.341 e. The van der Waals surface area contributed by atoms with Crippen LogP contribution in [0.4, 0.5) is 8.78 Å². The molecule has 0 saturated carbocycles. The number of rotatable bonds is 8.